The van der Waals surface area contributed by atoms with Crippen LogP contribution in [0.3, 0.4) is 0 Å². The highest BCUT2D eigenvalue weighted by atomic mass is 35.5. The Labute approximate surface area is 109 Å². The van der Waals surface area contributed by atoms with Crippen LogP contribution in [0.1, 0.15) is 22.9 Å². The van der Waals surface area contributed by atoms with Gasteiger partial charge in [-0.1, -0.05) is 23.7 Å². The Kier molecular flexibility index (Phi) is 2.90. The van der Waals surface area contributed by atoms with E-state index in [1.807, 2.05) is 24.3 Å². The van der Waals surface area contributed by atoms with Crippen molar-refractivity contribution in [3.8, 4) is 10.6 Å². The molecule has 1 atom stereocenters. The third kappa shape index (κ3) is 1.99. The fourth-order valence-electron chi connectivity index (χ4n) is 2.25. The van der Waals surface area contributed by atoms with Gasteiger partial charge in [-0.05, 0) is 25.0 Å². The first kappa shape index (κ1) is 11.2. The number of hydrogen-bond acceptors (Lipinski definition) is 3. The summed E-state index contributed by atoms with van der Waals surface area (Å²) in [5.41, 5.74) is 8.13. The fraction of sp³-hybridized carbons (Fsp3) is 0.308. The second-order valence-electron chi connectivity index (χ2n) is 4.31. The maximum Gasteiger partial charge on any atom is 0.123 e. The predicted octanol–water partition coefficient (Wildman–Crippen LogP) is 3.45. The van der Waals surface area contributed by atoms with E-state index in [9.17, 15) is 0 Å². The number of nitrogens with zero attached hydrogens (tertiary/aromatic N) is 1. The summed E-state index contributed by atoms with van der Waals surface area (Å²) >= 11 is 7.68. The van der Waals surface area contributed by atoms with Gasteiger partial charge in [-0.3, -0.25) is 0 Å². The van der Waals surface area contributed by atoms with Gasteiger partial charge in [0.2, 0.25) is 0 Å². The van der Waals surface area contributed by atoms with E-state index < -0.39 is 0 Å². The molecule has 1 aliphatic rings. The highest BCUT2D eigenvalue weighted by Gasteiger charge is 2.26. The summed E-state index contributed by atoms with van der Waals surface area (Å²) in [7, 11) is 0. The van der Waals surface area contributed by atoms with E-state index in [4.69, 9.17) is 22.3 Å². The number of aromatic nitrogens is 1. The molecule has 0 spiro atoms. The number of benzene rings is 1. The number of nitrogens with two attached hydrogens (primary N) is 1. The largest absolute Gasteiger partial charge is 0.330 e. The average Bonchev–Trinajstić information content (AvgIpc) is 2.89. The van der Waals surface area contributed by atoms with Crippen LogP contribution >= 0.6 is 22.9 Å². The quantitative estimate of drug-likeness (QED) is 0.902. The molecule has 2 nitrogen and oxygen atoms in total. The molecular formula is C13H13ClN2S. The van der Waals surface area contributed by atoms with Crippen molar-refractivity contribution in [2.45, 2.75) is 18.8 Å². The zero-order valence-electron chi connectivity index (χ0n) is 9.32. The Morgan fingerprint density at radius 1 is 1.35 bits per heavy atom. The molecule has 2 N–H and O–H groups in total. The smallest absolute Gasteiger partial charge is 0.123 e. The highest BCUT2D eigenvalue weighted by molar-refractivity contribution is 7.15. The van der Waals surface area contributed by atoms with E-state index in [1.165, 1.54) is 10.6 Å². The van der Waals surface area contributed by atoms with Gasteiger partial charge in [-0.2, -0.15) is 0 Å². The summed E-state index contributed by atoms with van der Waals surface area (Å²) in [4.78, 5) is 6.15. The van der Waals surface area contributed by atoms with E-state index in [2.05, 4.69) is 0 Å². The number of aryl methyl sites for hydroxylation is 1. The Hall–Kier alpha value is -0.900. The molecule has 0 amide bonds. The molecule has 0 fully saturated rings. The van der Waals surface area contributed by atoms with Gasteiger partial charge in [-0.25, -0.2) is 4.98 Å². The van der Waals surface area contributed by atoms with Crippen molar-refractivity contribution in [1.29, 1.82) is 0 Å². The van der Waals surface area contributed by atoms with E-state index in [-0.39, 0.29) is 0 Å². The molecule has 3 rings (SSSR count). The molecule has 0 saturated heterocycles. The van der Waals surface area contributed by atoms with Crippen molar-refractivity contribution in [1.82, 2.24) is 4.98 Å². The normalized spacial score (nSPS) is 18.4. The summed E-state index contributed by atoms with van der Waals surface area (Å²) in [5.74, 6) is 0.460. The molecule has 1 heterocycles. The average molecular weight is 265 g/mol. The molecule has 0 aliphatic heterocycles. The first-order valence-electron chi connectivity index (χ1n) is 5.73. The maximum absolute atomic E-state index is 5.89. The van der Waals surface area contributed by atoms with E-state index in [0.29, 0.717) is 12.5 Å². The summed E-state index contributed by atoms with van der Waals surface area (Å²) in [6.45, 7) is 0.705. The molecule has 1 unspecified atom stereocenters. The van der Waals surface area contributed by atoms with E-state index in [0.717, 1.165) is 28.4 Å². The zero-order chi connectivity index (χ0) is 11.8. The Morgan fingerprint density at radius 2 is 2.12 bits per heavy atom. The standard InChI is InChI=1S/C13H13ClN2S/c14-10-4-1-8(2-5-10)13-16-12-9(7-15)3-6-11(12)17-13/h1-2,4-5,9H,3,6-7,15H2. The lowest BCUT2D eigenvalue weighted by Crippen LogP contribution is -2.09. The minimum atomic E-state index is 0.460. The summed E-state index contributed by atoms with van der Waals surface area (Å²) < 4.78 is 0. The second kappa shape index (κ2) is 4.41. The van der Waals surface area contributed by atoms with Crippen molar-refractivity contribution in [3.05, 3.63) is 39.9 Å². The third-order valence-electron chi connectivity index (χ3n) is 3.21. The fourth-order valence-corrected chi connectivity index (χ4v) is 3.54. The van der Waals surface area contributed by atoms with Crippen molar-refractivity contribution in [3.63, 3.8) is 0 Å². The van der Waals surface area contributed by atoms with Crippen LogP contribution in [0.5, 0.6) is 0 Å². The molecule has 88 valence electrons. The van der Waals surface area contributed by atoms with Gasteiger partial charge in [0.1, 0.15) is 5.01 Å². The Bertz CT molecular complexity index is 533. The third-order valence-corrected chi connectivity index (χ3v) is 4.64. The van der Waals surface area contributed by atoms with Crippen LogP contribution in [-0.2, 0) is 6.42 Å². The van der Waals surface area contributed by atoms with E-state index in [1.54, 1.807) is 11.3 Å². The molecule has 0 bridgehead atoms. The number of rotatable bonds is 2. The zero-order valence-corrected chi connectivity index (χ0v) is 10.9. The highest BCUT2D eigenvalue weighted by Crippen LogP contribution is 2.39. The first-order chi connectivity index (χ1) is 8.28. The minimum absolute atomic E-state index is 0.460. The van der Waals surface area contributed by atoms with Gasteiger partial charge >= 0.3 is 0 Å². The molecule has 17 heavy (non-hydrogen) atoms. The van der Waals surface area contributed by atoms with Crippen LogP contribution in [0.15, 0.2) is 24.3 Å². The summed E-state index contributed by atoms with van der Waals surface area (Å²) in [6, 6.07) is 7.86. The summed E-state index contributed by atoms with van der Waals surface area (Å²) in [6.07, 6.45) is 2.29. The number of halogens is 1. The molecule has 1 aliphatic carbocycles. The minimum Gasteiger partial charge on any atom is -0.330 e. The molecule has 1 aromatic carbocycles. The lowest BCUT2D eigenvalue weighted by Gasteiger charge is -2.03. The monoisotopic (exact) mass is 264 g/mol. The van der Waals surface area contributed by atoms with Crippen LogP contribution in [-0.4, -0.2) is 11.5 Å². The lowest BCUT2D eigenvalue weighted by atomic mass is 10.1. The Balaban J connectivity index is 1.98. The van der Waals surface area contributed by atoms with Crippen LogP contribution < -0.4 is 5.73 Å². The van der Waals surface area contributed by atoms with Crippen molar-refractivity contribution in [2.75, 3.05) is 6.54 Å². The van der Waals surface area contributed by atoms with Gasteiger partial charge in [0.05, 0.1) is 5.69 Å². The predicted molar refractivity (Wildman–Crippen MR) is 72.7 cm³/mol. The van der Waals surface area contributed by atoms with Crippen LogP contribution in [0, 0.1) is 0 Å². The van der Waals surface area contributed by atoms with E-state index >= 15 is 0 Å². The molecular weight excluding hydrogens is 252 g/mol. The van der Waals surface area contributed by atoms with Gasteiger partial charge in [-0.15, -0.1) is 11.3 Å². The SMILES string of the molecule is NCC1CCc2sc(-c3ccc(Cl)cc3)nc21. The number of fused-ring (bicyclic) bond motifs is 1. The van der Waals surface area contributed by atoms with Gasteiger partial charge in [0, 0.05) is 27.9 Å². The molecule has 1 aromatic heterocycles. The molecule has 4 heteroatoms. The van der Waals surface area contributed by atoms with Crippen LogP contribution in [0.25, 0.3) is 10.6 Å². The topological polar surface area (TPSA) is 38.9 Å². The molecule has 2 aromatic rings. The second-order valence-corrected chi connectivity index (χ2v) is 5.83. The van der Waals surface area contributed by atoms with Gasteiger partial charge in [0.15, 0.2) is 0 Å². The van der Waals surface area contributed by atoms with Crippen molar-refractivity contribution >= 4 is 22.9 Å². The first-order valence-corrected chi connectivity index (χ1v) is 6.93. The maximum atomic E-state index is 5.89. The number of hydrogen-bond donors (Lipinski definition) is 1. The molecule has 0 saturated carbocycles. The summed E-state index contributed by atoms with van der Waals surface area (Å²) in [5, 5.41) is 1.85. The van der Waals surface area contributed by atoms with Gasteiger partial charge in [0.25, 0.3) is 0 Å². The Morgan fingerprint density at radius 3 is 2.82 bits per heavy atom. The molecule has 0 radical (unpaired) electrons. The van der Waals surface area contributed by atoms with Crippen LogP contribution in [0.2, 0.25) is 5.02 Å². The van der Waals surface area contributed by atoms with Crippen LogP contribution in [0.4, 0.5) is 0 Å². The van der Waals surface area contributed by atoms with Gasteiger partial charge < -0.3 is 5.73 Å². The van der Waals surface area contributed by atoms with Crippen molar-refractivity contribution in [2.24, 2.45) is 5.73 Å². The van der Waals surface area contributed by atoms with Crippen molar-refractivity contribution < 1.29 is 0 Å². The number of thiazole rings is 1. The lowest BCUT2D eigenvalue weighted by molar-refractivity contribution is 0.675.